The lowest BCUT2D eigenvalue weighted by Gasteiger charge is -2.39. The number of nitrogens with one attached hydrogen (secondary N) is 2. The fourth-order valence-corrected chi connectivity index (χ4v) is 4.19. The summed E-state index contributed by atoms with van der Waals surface area (Å²) in [7, 11) is 0. The molecule has 24 heavy (non-hydrogen) atoms. The zero-order chi connectivity index (χ0) is 17.2. The average Bonchev–Trinajstić information content (AvgIpc) is 3.28. The van der Waals surface area contributed by atoms with E-state index in [-0.39, 0.29) is 17.4 Å². The number of aromatic nitrogens is 1. The van der Waals surface area contributed by atoms with Crippen LogP contribution in [-0.2, 0) is 4.79 Å². The molecule has 0 aromatic carbocycles. The van der Waals surface area contributed by atoms with Crippen molar-refractivity contribution in [3.05, 3.63) is 24.0 Å². The molecular weight excluding hydrogens is 302 g/mol. The number of likely N-dealkylation sites (tertiary alicyclic amines) is 1. The summed E-state index contributed by atoms with van der Waals surface area (Å²) in [6.07, 6.45) is 8.30. The van der Waals surface area contributed by atoms with Crippen LogP contribution < -0.4 is 5.32 Å². The molecular formula is C19H29N3O2. The van der Waals surface area contributed by atoms with Gasteiger partial charge in [0.05, 0.1) is 0 Å². The van der Waals surface area contributed by atoms with Crippen LogP contribution in [0.4, 0.5) is 0 Å². The fraction of sp³-hybridized carbons (Fsp3) is 0.684. The predicted molar refractivity (Wildman–Crippen MR) is 93.6 cm³/mol. The summed E-state index contributed by atoms with van der Waals surface area (Å²) in [4.78, 5) is 30.0. The number of amides is 2. The first kappa shape index (κ1) is 17.1. The van der Waals surface area contributed by atoms with E-state index in [1.54, 1.807) is 12.3 Å². The number of piperidine rings is 1. The van der Waals surface area contributed by atoms with Gasteiger partial charge in [0.2, 0.25) is 5.91 Å². The van der Waals surface area contributed by atoms with Crippen molar-refractivity contribution in [2.45, 2.75) is 58.4 Å². The number of carbonyl (C=O) groups is 2. The molecule has 1 aliphatic heterocycles. The van der Waals surface area contributed by atoms with Gasteiger partial charge in [0, 0.05) is 30.7 Å². The van der Waals surface area contributed by atoms with Gasteiger partial charge in [-0.15, -0.1) is 0 Å². The highest BCUT2D eigenvalue weighted by atomic mass is 16.2. The van der Waals surface area contributed by atoms with Gasteiger partial charge in [-0.1, -0.05) is 26.7 Å². The van der Waals surface area contributed by atoms with E-state index < -0.39 is 0 Å². The van der Waals surface area contributed by atoms with Gasteiger partial charge in [-0.05, 0) is 43.7 Å². The Morgan fingerprint density at radius 3 is 2.42 bits per heavy atom. The standard InChI is InChI=1S/C19H29N3O2/c1-19(2,14-6-3-4-7-14)18(24)22-12-9-15(10-13-22)21-17(23)16-8-5-11-20-16/h5,8,11,14-15,20H,3-4,6-7,9-10,12-13H2,1-2H3,(H,21,23). The van der Waals surface area contributed by atoms with E-state index in [1.165, 1.54) is 25.7 Å². The van der Waals surface area contributed by atoms with Gasteiger partial charge in [0.25, 0.3) is 5.91 Å². The maximum absolute atomic E-state index is 13.0. The molecule has 1 aliphatic carbocycles. The van der Waals surface area contributed by atoms with E-state index in [9.17, 15) is 9.59 Å². The zero-order valence-corrected chi connectivity index (χ0v) is 14.8. The number of H-pyrrole nitrogens is 1. The van der Waals surface area contributed by atoms with Crippen molar-refractivity contribution in [1.29, 1.82) is 0 Å². The van der Waals surface area contributed by atoms with Gasteiger partial charge in [-0.3, -0.25) is 9.59 Å². The quantitative estimate of drug-likeness (QED) is 0.891. The minimum Gasteiger partial charge on any atom is -0.357 e. The Balaban J connectivity index is 1.51. The van der Waals surface area contributed by atoms with Crippen LogP contribution in [0.2, 0.25) is 0 Å². The fourth-order valence-electron chi connectivity index (χ4n) is 4.19. The Morgan fingerprint density at radius 2 is 1.83 bits per heavy atom. The molecule has 3 rings (SSSR count). The summed E-state index contributed by atoms with van der Waals surface area (Å²) in [5.74, 6) is 0.759. The second-order valence-corrected chi connectivity index (χ2v) is 7.83. The molecule has 0 spiro atoms. The lowest BCUT2D eigenvalue weighted by atomic mass is 9.76. The number of rotatable bonds is 4. The first-order chi connectivity index (χ1) is 11.5. The maximum atomic E-state index is 13.0. The van der Waals surface area contributed by atoms with Gasteiger partial charge < -0.3 is 15.2 Å². The second-order valence-electron chi connectivity index (χ2n) is 7.83. The first-order valence-electron chi connectivity index (χ1n) is 9.22. The summed E-state index contributed by atoms with van der Waals surface area (Å²) in [5, 5.41) is 3.07. The lowest BCUT2D eigenvalue weighted by molar-refractivity contribution is -0.144. The summed E-state index contributed by atoms with van der Waals surface area (Å²) in [6.45, 7) is 5.71. The minimum absolute atomic E-state index is 0.0592. The number of aromatic amines is 1. The molecule has 1 aromatic rings. The van der Waals surface area contributed by atoms with E-state index in [2.05, 4.69) is 24.1 Å². The lowest BCUT2D eigenvalue weighted by Crippen LogP contribution is -2.51. The summed E-state index contributed by atoms with van der Waals surface area (Å²) in [6, 6.07) is 3.75. The number of nitrogens with zero attached hydrogens (tertiary/aromatic N) is 1. The van der Waals surface area contributed by atoms with Gasteiger partial charge in [0.1, 0.15) is 5.69 Å². The Kier molecular flexibility index (Phi) is 4.97. The van der Waals surface area contributed by atoms with Crippen molar-refractivity contribution in [3.8, 4) is 0 Å². The normalized spacial score (nSPS) is 20.3. The molecule has 2 N–H and O–H groups in total. The van der Waals surface area contributed by atoms with Crippen LogP contribution in [0.25, 0.3) is 0 Å². The smallest absolute Gasteiger partial charge is 0.267 e. The van der Waals surface area contributed by atoms with Gasteiger partial charge in [0.15, 0.2) is 0 Å². The molecule has 132 valence electrons. The molecule has 1 aromatic heterocycles. The van der Waals surface area contributed by atoms with E-state index in [1.807, 2.05) is 11.0 Å². The molecule has 0 unspecified atom stereocenters. The molecule has 2 aliphatic rings. The van der Waals surface area contributed by atoms with E-state index in [0.29, 0.717) is 17.5 Å². The van der Waals surface area contributed by atoms with Crippen molar-refractivity contribution >= 4 is 11.8 Å². The van der Waals surface area contributed by atoms with Crippen LogP contribution >= 0.6 is 0 Å². The average molecular weight is 331 g/mol. The third-order valence-corrected chi connectivity index (χ3v) is 5.89. The SMILES string of the molecule is CC(C)(C(=O)N1CCC(NC(=O)c2ccc[nH]2)CC1)C1CCCC1. The second kappa shape index (κ2) is 6.99. The Labute approximate surface area is 144 Å². The van der Waals surface area contributed by atoms with Crippen molar-refractivity contribution in [2.24, 2.45) is 11.3 Å². The van der Waals surface area contributed by atoms with Crippen molar-refractivity contribution in [1.82, 2.24) is 15.2 Å². The topological polar surface area (TPSA) is 65.2 Å². The van der Waals surface area contributed by atoms with Crippen LogP contribution in [0.3, 0.4) is 0 Å². The largest absolute Gasteiger partial charge is 0.357 e. The molecule has 0 atom stereocenters. The van der Waals surface area contributed by atoms with E-state index >= 15 is 0 Å². The van der Waals surface area contributed by atoms with Crippen molar-refractivity contribution in [2.75, 3.05) is 13.1 Å². The van der Waals surface area contributed by atoms with Crippen LogP contribution in [-0.4, -0.2) is 40.8 Å². The Hall–Kier alpha value is -1.78. The van der Waals surface area contributed by atoms with Crippen LogP contribution in [0.15, 0.2) is 18.3 Å². The minimum atomic E-state index is -0.253. The first-order valence-corrected chi connectivity index (χ1v) is 9.22. The van der Waals surface area contributed by atoms with E-state index in [4.69, 9.17) is 0 Å². The molecule has 1 saturated heterocycles. The molecule has 5 heteroatoms. The van der Waals surface area contributed by atoms with Gasteiger partial charge in [-0.2, -0.15) is 0 Å². The van der Waals surface area contributed by atoms with Crippen LogP contribution in [0, 0.1) is 11.3 Å². The van der Waals surface area contributed by atoms with Crippen molar-refractivity contribution in [3.63, 3.8) is 0 Å². The van der Waals surface area contributed by atoms with Crippen LogP contribution in [0.5, 0.6) is 0 Å². The molecule has 2 fully saturated rings. The van der Waals surface area contributed by atoms with Gasteiger partial charge in [-0.25, -0.2) is 0 Å². The molecule has 1 saturated carbocycles. The number of hydrogen-bond donors (Lipinski definition) is 2. The Morgan fingerprint density at radius 1 is 1.17 bits per heavy atom. The highest BCUT2D eigenvalue weighted by Crippen LogP contribution is 2.41. The van der Waals surface area contributed by atoms with Crippen LogP contribution in [0.1, 0.15) is 62.9 Å². The summed E-state index contributed by atoms with van der Waals surface area (Å²) in [5.41, 5.74) is 0.340. The molecule has 0 radical (unpaired) electrons. The Bertz CT molecular complexity index is 565. The third kappa shape index (κ3) is 3.50. The summed E-state index contributed by atoms with van der Waals surface area (Å²) < 4.78 is 0. The number of hydrogen-bond acceptors (Lipinski definition) is 2. The molecule has 5 nitrogen and oxygen atoms in total. The van der Waals surface area contributed by atoms with Gasteiger partial charge >= 0.3 is 0 Å². The molecule has 2 amide bonds. The highest BCUT2D eigenvalue weighted by molar-refractivity contribution is 5.92. The highest BCUT2D eigenvalue weighted by Gasteiger charge is 2.41. The molecule has 2 heterocycles. The maximum Gasteiger partial charge on any atom is 0.267 e. The third-order valence-electron chi connectivity index (χ3n) is 5.89. The predicted octanol–water partition coefficient (Wildman–Crippen LogP) is 2.95. The summed E-state index contributed by atoms with van der Waals surface area (Å²) >= 11 is 0. The molecule has 0 bridgehead atoms. The van der Waals surface area contributed by atoms with Crippen molar-refractivity contribution < 1.29 is 9.59 Å². The monoisotopic (exact) mass is 331 g/mol. The zero-order valence-electron chi connectivity index (χ0n) is 14.8. The van der Waals surface area contributed by atoms with E-state index in [0.717, 1.165) is 25.9 Å². The number of carbonyl (C=O) groups excluding carboxylic acids is 2.